The van der Waals surface area contributed by atoms with Crippen molar-refractivity contribution in [1.29, 1.82) is 0 Å². The van der Waals surface area contributed by atoms with Crippen molar-refractivity contribution < 1.29 is 19.8 Å². The van der Waals surface area contributed by atoms with Crippen LogP contribution in [-0.2, 0) is 4.79 Å². The molecule has 1 aromatic rings. The predicted molar refractivity (Wildman–Crippen MR) is 45.8 cm³/mol. The van der Waals surface area contributed by atoms with Crippen LogP contribution in [0.1, 0.15) is 22.0 Å². The molecule has 1 unspecified atom stereocenters. The summed E-state index contributed by atoms with van der Waals surface area (Å²) in [6.07, 6.45) is 2.37. The van der Waals surface area contributed by atoms with Crippen molar-refractivity contribution in [2.24, 2.45) is 5.73 Å². The van der Waals surface area contributed by atoms with Crippen molar-refractivity contribution in [2.45, 2.75) is 6.04 Å². The van der Waals surface area contributed by atoms with E-state index >= 15 is 0 Å². The van der Waals surface area contributed by atoms with Crippen molar-refractivity contribution >= 4 is 11.9 Å². The fourth-order valence-corrected chi connectivity index (χ4v) is 0.988. The molecule has 0 aromatic carbocycles. The van der Waals surface area contributed by atoms with E-state index in [0.29, 0.717) is 0 Å². The van der Waals surface area contributed by atoms with Gasteiger partial charge in [0.15, 0.2) is 0 Å². The summed E-state index contributed by atoms with van der Waals surface area (Å²) in [7, 11) is 0. The molecule has 4 N–H and O–H groups in total. The van der Waals surface area contributed by atoms with Crippen molar-refractivity contribution in [3.05, 3.63) is 29.6 Å². The van der Waals surface area contributed by atoms with Crippen molar-refractivity contribution in [1.82, 2.24) is 4.98 Å². The topological polar surface area (TPSA) is 114 Å². The van der Waals surface area contributed by atoms with Crippen LogP contribution in [0.2, 0.25) is 0 Å². The second kappa shape index (κ2) is 3.84. The minimum absolute atomic E-state index is 0.0417. The van der Waals surface area contributed by atoms with E-state index in [-0.39, 0.29) is 11.1 Å². The lowest BCUT2D eigenvalue weighted by Gasteiger charge is -2.08. The third kappa shape index (κ3) is 1.86. The summed E-state index contributed by atoms with van der Waals surface area (Å²) in [6.45, 7) is 0. The highest BCUT2D eigenvalue weighted by molar-refractivity contribution is 5.91. The van der Waals surface area contributed by atoms with Gasteiger partial charge in [-0.25, -0.2) is 4.79 Å². The molecule has 0 fully saturated rings. The van der Waals surface area contributed by atoms with Crippen molar-refractivity contribution in [3.63, 3.8) is 0 Å². The van der Waals surface area contributed by atoms with Gasteiger partial charge in [-0.15, -0.1) is 0 Å². The second-order valence-electron chi connectivity index (χ2n) is 2.58. The number of carboxylic acid groups (broad SMARTS) is 2. The lowest BCUT2D eigenvalue weighted by atomic mass is 10.0. The van der Waals surface area contributed by atoms with Gasteiger partial charge in [-0.3, -0.25) is 9.78 Å². The van der Waals surface area contributed by atoms with E-state index in [0.717, 1.165) is 6.20 Å². The van der Waals surface area contributed by atoms with Gasteiger partial charge in [-0.2, -0.15) is 0 Å². The lowest BCUT2D eigenvalue weighted by Crippen LogP contribution is -2.23. The van der Waals surface area contributed by atoms with Gasteiger partial charge in [0.2, 0.25) is 0 Å². The van der Waals surface area contributed by atoms with Gasteiger partial charge in [0, 0.05) is 12.4 Å². The number of rotatable bonds is 3. The van der Waals surface area contributed by atoms with E-state index in [1.807, 2.05) is 0 Å². The minimum Gasteiger partial charge on any atom is -0.480 e. The molecule has 6 nitrogen and oxygen atoms in total. The largest absolute Gasteiger partial charge is 0.480 e. The number of hydrogen-bond acceptors (Lipinski definition) is 4. The van der Waals surface area contributed by atoms with Gasteiger partial charge < -0.3 is 15.9 Å². The number of carboxylic acids is 2. The molecule has 0 amide bonds. The number of aliphatic carboxylic acids is 1. The van der Waals surface area contributed by atoms with Crippen LogP contribution in [0.4, 0.5) is 0 Å². The van der Waals surface area contributed by atoms with Gasteiger partial charge in [0.25, 0.3) is 0 Å². The van der Waals surface area contributed by atoms with Crippen LogP contribution >= 0.6 is 0 Å². The summed E-state index contributed by atoms with van der Waals surface area (Å²) in [5.74, 6) is -2.52. The zero-order valence-electron chi connectivity index (χ0n) is 7.04. The van der Waals surface area contributed by atoms with E-state index in [1.54, 1.807) is 0 Å². The van der Waals surface area contributed by atoms with Crippen LogP contribution in [0.15, 0.2) is 18.5 Å². The molecule has 1 heterocycles. The van der Waals surface area contributed by atoms with Crippen molar-refractivity contribution in [2.75, 3.05) is 0 Å². The Labute approximate surface area is 79.0 Å². The molecule has 6 heteroatoms. The quantitative estimate of drug-likeness (QED) is 0.620. The molecule has 1 aromatic heterocycles. The normalized spacial score (nSPS) is 12.1. The number of aromatic nitrogens is 1. The monoisotopic (exact) mass is 196 g/mol. The number of nitrogens with zero attached hydrogens (tertiary/aromatic N) is 1. The van der Waals surface area contributed by atoms with Crippen LogP contribution < -0.4 is 5.73 Å². The Kier molecular flexibility index (Phi) is 2.78. The third-order valence-corrected chi connectivity index (χ3v) is 1.69. The number of aromatic carboxylic acids is 1. The average molecular weight is 196 g/mol. The Balaban J connectivity index is 3.19. The summed E-state index contributed by atoms with van der Waals surface area (Å²) in [5.41, 5.74) is 5.14. The fraction of sp³-hybridized carbons (Fsp3) is 0.125. The molecule has 0 radical (unpaired) electrons. The Morgan fingerprint density at radius 1 is 1.43 bits per heavy atom. The molecule has 0 aliphatic heterocycles. The molecule has 0 bridgehead atoms. The smallest absolute Gasteiger partial charge is 0.337 e. The molecule has 0 saturated heterocycles. The first kappa shape index (κ1) is 10.1. The highest BCUT2D eigenvalue weighted by atomic mass is 16.4. The Morgan fingerprint density at radius 3 is 2.57 bits per heavy atom. The fourth-order valence-electron chi connectivity index (χ4n) is 0.988. The zero-order valence-corrected chi connectivity index (χ0v) is 7.04. The molecule has 14 heavy (non-hydrogen) atoms. The van der Waals surface area contributed by atoms with Crippen molar-refractivity contribution in [3.8, 4) is 0 Å². The van der Waals surface area contributed by atoms with Gasteiger partial charge in [0.05, 0.1) is 5.56 Å². The van der Waals surface area contributed by atoms with Crippen LogP contribution in [0, 0.1) is 0 Å². The molecule has 0 aliphatic rings. The van der Waals surface area contributed by atoms with E-state index in [1.165, 1.54) is 12.3 Å². The van der Waals surface area contributed by atoms with E-state index in [2.05, 4.69) is 4.98 Å². The lowest BCUT2D eigenvalue weighted by molar-refractivity contribution is -0.138. The van der Waals surface area contributed by atoms with Crippen LogP contribution in [-0.4, -0.2) is 27.1 Å². The number of pyridine rings is 1. The third-order valence-electron chi connectivity index (χ3n) is 1.69. The molecule has 1 rings (SSSR count). The molecule has 0 spiro atoms. The summed E-state index contributed by atoms with van der Waals surface area (Å²) in [5, 5.41) is 17.3. The zero-order chi connectivity index (χ0) is 10.7. The Bertz CT molecular complexity index is 377. The van der Waals surface area contributed by atoms with Crippen LogP contribution in [0.5, 0.6) is 0 Å². The highest BCUT2D eigenvalue weighted by Gasteiger charge is 2.20. The van der Waals surface area contributed by atoms with Crippen LogP contribution in [0.3, 0.4) is 0 Å². The maximum absolute atomic E-state index is 10.7. The number of nitrogens with two attached hydrogens (primary N) is 1. The maximum atomic E-state index is 10.7. The SMILES string of the molecule is NC(C(=O)O)c1ccncc1C(=O)O. The van der Waals surface area contributed by atoms with Gasteiger partial charge in [0.1, 0.15) is 6.04 Å². The van der Waals surface area contributed by atoms with E-state index in [4.69, 9.17) is 15.9 Å². The molecule has 74 valence electrons. The highest BCUT2D eigenvalue weighted by Crippen LogP contribution is 2.14. The van der Waals surface area contributed by atoms with Gasteiger partial charge >= 0.3 is 11.9 Å². The first-order valence-corrected chi connectivity index (χ1v) is 3.69. The average Bonchev–Trinajstić information content (AvgIpc) is 2.16. The Morgan fingerprint density at radius 2 is 2.07 bits per heavy atom. The van der Waals surface area contributed by atoms with Gasteiger partial charge in [-0.05, 0) is 11.6 Å². The molecule has 0 saturated carbocycles. The number of carbonyl (C=O) groups is 2. The first-order valence-electron chi connectivity index (χ1n) is 3.69. The second-order valence-corrected chi connectivity index (χ2v) is 2.58. The molecular weight excluding hydrogens is 188 g/mol. The summed E-state index contributed by atoms with van der Waals surface area (Å²) in [6, 6.07) is -0.0634. The van der Waals surface area contributed by atoms with Gasteiger partial charge in [-0.1, -0.05) is 0 Å². The summed E-state index contributed by atoms with van der Waals surface area (Å²) in [4.78, 5) is 24.8. The molecule has 1 atom stereocenters. The maximum Gasteiger partial charge on any atom is 0.337 e. The van der Waals surface area contributed by atoms with E-state index < -0.39 is 18.0 Å². The van der Waals surface area contributed by atoms with Crippen LogP contribution in [0.25, 0.3) is 0 Å². The predicted octanol–water partition coefficient (Wildman–Crippen LogP) is -0.136. The van der Waals surface area contributed by atoms with E-state index in [9.17, 15) is 9.59 Å². The standard InChI is InChI=1S/C8H8N2O4/c9-6(8(13)14)4-1-2-10-3-5(4)7(11)12/h1-3,6H,9H2,(H,11,12)(H,13,14). The summed E-state index contributed by atoms with van der Waals surface area (Å²) < 4.78 is 0. The first-order chi connectivity index (χ1) is 6.54. The molecular formula is C8H8N2O4. The number of hydrogen-bond donors (Lipinski definition) is 3. The molecule has 0 aliphatic carbocycles. The Hall–Kier alpha value is -1.95. The minimum atomic E-state index is -1.34. The summed E-state index contributed by atoms with van der Waals surface area (Å²) >= 11 is 0.